The fourth-order valence-electron chi connectivity index (χ4n) is 4.11. The Balaban J connectivity index is 1.46. The molecule has 1 N–H and O–H groups in total. The van der Waals surface area contributed by atoms with Gasteiger partial charge in [-0.2, -0.15) is 0 Å². The highest BCUT2D eigenvalue weighted by Gasteiger charge is 2.30. The van der Waals surface area contributed by atoms with Crippen LogP contribution in [-0.4, -0.2) is 36.5 Å². The van der Waals surface area contributed by atoms with Crippen molar-refractivity contribution in [1.29, 1.82) is 0 Å². The number of rotatable bonds is 4. The van der Waals surface area contributed by atoms with Crippen LogP contribution in [0.5, 0.6) is 0 Å². The maximum Gasteiger partial charge on any atom is 0.225 e. The first-order valence-corrected chi connectivity index (χ1v) is 9.52. The third-order valence-electron chi connectivity index (χ3n) is 5.62. The minimum Gasteiger partial charge on any atom is -0.356 e. The number of amides is 1. The number of nitrogens with zero attached hydrogens (tertiary/aromatic N) is 1. The lowest BCUT2D eigenvalue weighted by molar-refractivity contribution is -0.128. The van der Waals surface area contributed by atoms with E-state index in [1.165, 1.54) is 38.8 Å². The Bertz CT molecular complexity index is 550. The SMILES string of the molecule is CC(C)(C)C(=O)NCCC1CCCN(C2Cc3ccccc3C2)C1. The molecular formula is C21H32N2O. The lowest BCUT2D eigenvalue weighted by atomic mass is 9.92. The molecule has 3 nitrogen and oxygen atoms in total. The molecule has 1 amide bonds. The summed E-state index contributed by atoms with van der Waals surface area (Å²) in [5.41, 5.74) is 2.80. The quantitative estimate of drug-likeness (QED) is 0.918. The van der Waals surface area contributed by atoms with E-state index in [1.54, 1.807) is 11.1 Å². The van der Waals surface area contributed by atoms with Gasteiger partial charge in [0.1, 0.15) is 0 Å². The zero-order valence-corrected chi connectivity index (χ0v) is 15.5. The number of nitrogens with one attached hydrogen (secondary N) is 1. The molecule has 1 saturated heterocycles. The van der Waals surface area contributed by atoms with Gasteiger partial charge in [0.05, 0.1) is 0 Å². The Morgan fingerprint density at radius 3 is 2.50 bits per heavy atom. The van der Waals surface area contributed by atoms with Gasteiger partial charge in [0.15, 0.2) is 0 Å². The van der Waals surface area contributed by atoms with Gasteiger partial charge in [0.25, 0.3) is 0 Å². The molecule has 1 aromatic carbocycles. The van der Waals surface area contributed by atoms with Gasteiger partial charge in [-0.3, -0.25) is 9.69 Å². The van der Waals surface area contributed by atoms with Crippen LogP contribution in [0.1, 0.15) is 51.2 Å². The van der Waals surface area contributed by atoms with Crippen LogP contribution < -0.4 is 5.32 Å². The molecule has 1 aliphatic carbocycles. The topological polar surface area (TPSA) is 32.3 Å². The lowest BCUT2D eigenvalue weighted by Crippen LogP contribution is -2.44. The molecule has 0 saturated carbocycles. The number of piperidine rings is 1. The highest BCUT2D eigenvalue weighted by atomic mass is 16.2. The molecule has 1 heterocycles. The summed E-state index contributed by atoms with van der Waals surface area (Å²) in [6, 6.07) is 9.60. The molecule has 3 heteroatoms. The predicted octanol–water partition coefficient (Wildman–Crippen LogP) is 3.42. The summed E-state index contributed by atoms with van der Waals surface area (Å²) in [7, 11) is 0. The van der Waals surface area contributed by atoms with E-state index in [9.17, 15) is 4.79 Å². The maximum atomic E-state index is 12.0. The first-order chi connectivity index (χ1) is 11.4. The van der Waals surface area contributed by atoms with Crippen molar-refractivity contribution in [3.8, 4) is 0 Å². The van der Waals surface area contributed by atoms with Crippen LogP contribution in [0.2, 0.25) is 0 Å². The van der Waals surface area contributed by atoms with E-state index in [4.69, 9.17) is 0 Å². The van der Waals surface area contributed by atoms with Gasteiger partial charge in [-0.25, -0.2) is 0 Å². The fraction of sp³-hybridized carbons (Fsp3) is 0.667. The van der Waals surface area contributed by atoms with Crippen LogP contribution in [0.3, 0.4) is 0 Å². The van der Waals surface area contributed by atoms with E-state index in [1.807, 2.05) is 20.8 Å². The molecule has 1 atom stereocenters. The van der Waals surface area contributed by atoms with E-state index in [-0.39, 0.29) is 11.3 Å². The van der Waals surface area contributed by atoms with Gasteiger partial charge in [-0.15, -0.1) is 0 Å². The second-order valence-corrected chi connectivity index (χ2v) is 8.63. The molecule has 1 unspecified atom stereocenters. The first kappa shape index (κ1) is 17.5. The second-order valence-electron chi connectivity index (χ2n) is 8.63. The third-order valence-corrected chi connectivity index (χ3v) is 5.62. The number of hydrogen-bond donors (Lipinski definition) is 1. The molecular weight excluding hydrogens is 296 g/mol. The summed E-state index contributed by atoms with van der Waals surface area (Å²) >= 11 is 0. The van der Waals surface area contributed by atoms with Crippen molar-refractivity contribution in [1.82, 2.24) is 10.2 Å². The number of benzene rings is 1. The zero-order chi connectivity index (χ0) is 17.2. The lowest BCUT2D eigenvalue weighted by Gasteiger charge is -2.37. The average molecular weight is 329 g/mol. The number of likely N-dealkylation sites (tertiary alicyclic amines) is 1. The molecule has 0 aromatic heterocycles. The van der Waals surface area contributed by atoms with E-state index in [2.05, 4.69) is 34.5 Å². The van der Waals surface area contributed by atoms with E-state index >= 15 is 0 Å². The fourth-order valence-corrected chi connectivity index (χ4v) is 4.11. The largest absolute Gasteiger partial charge is 0.356 e. The van der Waals surface area contributed by atoms with Gasteiger partial charge in [-0.05, 0) is 55.7 Å². The number of carbonyl (C=O) groups excluding carboxylic acids is 1. The highest BCUT2D eigenvalue weighted by Crippen LogP contribution is 2.29. The zero-order valence-electron chi connectivity index (χ0n) is 15.5. The molecule has 1 aliphatic heterocycles. The summed E-state index contributed by atoms with van der Waals surface area (Å²) in [5.74, 6) is 0.893. The smallest absolute Gasteiger partial charge is 0.225 e. The van der Waals surface area contributed by atoms with E-state index in [0.717, 1.165) is 18.9 Å². The van der Waals surface area contributed by atoms with Crippen LogP contribution >= 0.6 is 0 Å². The van der Waals surface area contributed by atoms with Crippen molar-refractivity contribution in [2.75, 3.05) is 19.6 Å². The molecule has 1 aromatic rings. The van der Waals surface area contributed by atoms with Crippen molar-refractivity contribution in [3.63, 3.8) is 0 Å². The first-order valence-electron chi connectivity index (χ1n) is 9.52. The Morgan fingerprint density at radius 1 is 1.21 bits per heavy atom. The molecule has 1 fully saturated rings. The van der Waals surface area contributed by atoms with Gasteiger partial charge < -0.3 is 5.32 Å². The maximum absolute atomic E-state index is 12.0. The van der Waals surface area contributed by atoms with Crippen molar-refractivity contribution in [3.05, 3.63) is 35.4 Å². The summed E-state index contributed by atoms with van der Waals surface area (Å²) < 4.78 is 0. The van der Waals surface area contributed by atoms with E-state index in [0.29, 0.717) is 6.04 Å². The van der Waals surface area contributed by atoms with Gasteiger partial charge in [-0.1, -0.05) is 45.0 Å². The molecule has 24 heavy (non-hydrogen) atoms. The second kappa shape index (κ2) is 7.26. The summed E-state index contributed by atoms with van der Waals surface area (Å²) in [5, 5.41) is 3.11. The standard InChI is InChI=1S/C21H32N2O/c1-21(2,3)20(24)22-11-10-16-7-6-12-23(15-16)19-13-17-8-4-5-9-18(17)14-19/h4-5,8-9,16,19H,6-7,10-15H2,1-3H3,(H,22,24). The van der Waals surface area contributed by atoms with Crippen LogP contribution in [-0.2, 0) is 17.6 Å². The van der Waals surface area contributed by atoms with Gasteiger partial charge >= 0.3 is 0 Å². The third kappa shape index (κ3) is 4.18. The Kier molecular flexibility index (Phi) is 5.29. The molecule has 3 rings (SSSR count). The molecule has 0 radical (unpaired) electrons. The Morgan fingerprint density at radius 2 is 1.88 bits per heavy atom. The number of carbonyl (C=O) groups is 1. The van der Waals surface area contributed by atoms with Crippen LogP contribution in [0.15, 0.2) is 24.3 Å². The van der Waals surface area contributed by atoms with Crippen molar-refractivity contribution in [2.24, 2.45) is 11.3 Å². The van der Waals surface area contributed by atoms with Crippen molar-refractivity contribution < 1.29 is 4.79 Å². The summed E-state index contributed by atoms with van der Waals surface area (Å²) in [6.45, 7) is 9.18. The normalized spacial score (nSPS) is 22.4. The predicted molar refractivity (Wildman–Crippen MR) is 99.0 cm³/mol. The van der Waals surface area contributed by atoms with Crippen molar-refractivity contribution >= 4 is 5.91 Å². The minimum atomic E-state index is -0.284. The summed E-state index contributed by atoms with van der Waals surface area (Å²) in [6.07, 6.45) is 6.14. The van der Waals surface area contributed by atoms with Crippen LogP contribution in [0.4, 0.5) is 0 Å². The highest BCUT2D eigenvalue weighted by molar-refractivity contribution is 5.81. The minimum absolute atomic E-state index is 0.168. The van der Waals surface area contributed by atoms with Gasteiger partial charge in [0, 0.05) is 24.5 Å². The molecule has 0 bridgehead atoms. The average Bonchev–Trinajstić information content (AvgIpc) is 2.98. The van der Waals surface area contributed by atoms with Crippen LogP contribution in [0, 0.1) is 11.3 Å². The Hall–Kier alpha value is -1.35. The molecule has 2 aliphatic rings. The number of hydrogen-bond acceptors (Lipinski definition) is 2. The van der Waals surface area contributed by atoms with Gasteiger partial charge in [0.2, 0.25) is 5.91 Å². The monoisotopic (exact) mass is 328 g/mol. The molecule has 132 valence electrons. The van der Waals surface area contributed by atoms with Crippen LogP contribution in [0.25, 0.3) is 0 Å². The van der Waals surface area contributed by atoms with Crippen molar-refractivity contribution in [2.45, 2.75) is 58.9 Å². The van der Waals surface area contributed by atoms with E-state index < -0.39 is 0 Å². The number of fused-ring (bicyclic) bond motifs is 1. The molecule has 0 spiro atoms. The Labute approximate surface area is 146 Å². The summed E-state index contributed by atoms with van der Waals surface area (Å²) in [4.78, 5) is 14.7.